The predicted molar refractivity (Wildman–Crippen MR) is 144 cm³/mol. The first-order valence-corrected chi connectivity index (χ1v) is 13.2. The summed E-state index contributed by atoms with van der Waals surface area (Å²) in [6, 6.07) is 11.6. The van der Waals surface area contributed by atoms with Crippen LogP contribution in [0.4, 0.5) is 13.2 Å². The number of nitrogens with one attached hydrogen (secondary N) is 3. The van der Waals surface area contributed by atoms with Gasteiger partial charge in [0.25, 0.3) is 5.91 Å². The van der Waals surface area contributed by atoms with E-state index in [1.807, 2.05) is 34.6 Å². The third kappa shape index (κ3) is 7.61. The number of alkyl halides is 3. The summed E-state index contributed by atoms with van der Waals surface area (Å²) in [5, 5.41) is 8.64. The van der Waals surface area contributed by atoms with Crippen LogP contribution < -0.4 is 16.0 Å². The highest BCUT2D eigenvalue weighted by Gasteiger charge is 2.41. The zero-order valence-electron chi connectivity index (χ0n) is 23.2. The van der Waals surface area contributed by atoms with Crippen molar-refractivity contribution in [3.63, 3.8) is 0 Å². The van der Waals surface area contributed by atoms with Gasteiger partial charge in [-0.05, 0) is 82.9 Å². The van der Waals surface area contributed by atoms with Crippen molar-refractivity contribution in [1.29, 1.82) is 0 Å². The highest BCUT2D eigenvalue weighted by atomic mass is 19.4. The highest BCUT2D eigenvalue weighted by Crippen LogP contribution is 2.31. The second-order valence-corrected chi connectivity index (χ2v) is 11.9. The van der Waals surface area contributed by atoms with Crippen molar-refractivity contribution in [3.05, 3.63) is 70.8 Å². The monoisotopic (exact) mass is 545 g/mol. The minimum atomic E-state index is -4.47. The molecule has 1 aliphatic rings. The lowest BCUT2D eigenvalue weighted by molar-refractivity contribution is -0.137. The molecule has 0 bridgehead atoms. The summed E-state index contributed by atoms with van der Waals surface area (Å²) >= 11 is 0. The van der Waals surface area contributed by atoms with Crippen LogP contribution in [0.2, 0.25) is 0 Å². The molecule has 39 heavy (non-hydrogen) atoms. The molecule has 3 rings (SSSR count). The molecule has 0 spiro atoms. The molecule has 0 aliphatic heterocycles. The molecule has 1 saturated carbocycles. The van der Waals surface area contributed by atoms with Gasteiger partial charge in [0, 0.05) is 17.6 Å². The molecule has 0 radical (unpaired) electrons. The Labute approximate surface area is 228 Å². The second-order valence-electron chi connectivity index (χ2n) is 11.9. The number of halogens is 3. The molecule has 2 aromatic rings. The van der Waals surface area contributed by atoms with Gasteiger partial charge >= 0.3 is 6.18 Å². The number of carbonyl (C=O) groups is 3. The lowest BCUT2D eigenvalue weighted by Gasteiger charge is -2.36. The van der Waals surface area contributed by atoms with Gasteiger partial charge in [-0.15, -0.1) is 0 Å². The number of hydrogen-bond acceptors (Lipinski definition) is 3. The van der Waals surface area contributed by atoms with E-state index in [9.17, 15) is 27.6 Å². The van der Waals surface area contributed by atoms with E-state index in [-0.39, 0.29) is 18.0 Å². The minimum Gasteiger partial charge on any atom is -0.351 e. The van der Waals surface area contributed by atoms with Crippen LogP contribution >= 0.6 is 0 Å². The molecule has 3 N–H and O–H groups in total. The number of benzene rings is 2. The maximum atomic E-state index is 13.3. The Bertz CT molecular complexity index is 1190. The maximum Gasteiger partial charge on any atom is 0.416 e. The summed E-state index contributed by atoms with van der Waals surface area (Å²) in [5.74, 6) is -0.968. The Morgan fingerprint density at radius 2 is 1.46 bits per heavy atom. The summed E-state index contributed by atoms with van der Waals surface area (Å²) in [7, 11) is 0. The molecule has 212 valence electrons. The van der Waals surface area contributed by atoms with Gasteiger partial charge in [0.15, 0.2) is 0 Å². The van der Waals surface area contributed by atoms with E-state index in [0.29, 0.717) is 24.0 Å². The smallest absolute Gasteiger partial charge is 0.351 e. The quantitative estimate of drug-likeness (QED) is 0.421. The van der Waals surface area contributed by atoms with Gasteiger partial charge < -0.3 is 16.0 Å². The van der Waals surface area contributed by atoms with E-state index in [4.69, 9.17) is 0 Å². The van der Waals surface area contributed by atoms with Crippen molar-refractivity contribution in [3.8, 4) is 0 Å². The van der Waals surface area contributed by atoms with E-state index in [1.54, 1.807) is 24.3 Å². The van der Waals surface area contributed by atoms with Crippen LogP contribution in [0, 0.1) is 0 Å². The number of carbonyl (C=O) groups excluding carboxylic acids is 3. The fraction of sp³-hybridized carbons (Fsp3) is 0.500. The molecule has 6 nitrogen and oxygen atoms in total. The Kier molecular flexibility index (Phi) is 8.82. The zero-order chi connectivity index (χ0) is 29.1. The van der Waals surface area contributed by atoms with E-state index in [2.05, 4.69) is 16.0 Å². The molecule has 2 aromatic carbocycles. The van der Waals surface area contributed by atoms with Gasteiger partial charge in [0.05, 0.1) is 11.0 Å². The molecule has 1 fully saturated rings. The summed E-state index contributed by atoms with van der Waals surface area (Å²) in [6.45, 7) is 9.27. The molecule has 0 atom stereocenters. The number of amides is 3. The fourth-order valence-electron chi connectivity index (χ4n) is 4.73. The standard InChI is InChI=1S/C30H38F3N3O3/c1-27(2,3)36-25(38)28(4,5)22-14-12-21(13-15-22)24(37)35-29(16-7-6-8-17-29)26(39)34-19-20-10-9-11-23(18-20)30(31,32)33/h9-15,18H,6-8,16-17,19H2,1-5H3,(H,34,39)(H,35,37)(H,36,38). The Morgan fingerprint density at radius 3 is 2.03 bits per heavy atom. The van der Waals surface area contributed by atoms with Gasteiger partial charge in [-0.3, -0.25) is 14.4 Å². The predicted octanol–water partition coefficient (Wildman–Crippen LogP) is 5.65. The van der Waals surface area contributed by atoms with Gasteiger partial charge in [-0.2, -0.15) is 13.2 Å². The normalized spacial score (nSPS) is 15.8. The summed E-state index contributed by atoms with van der Waals surface area (Å²) < 4.78 is 39.2. The van der Waals surface area contributed by atoms with E-state index in [0.717, 1.165) is 37.0 Å². The topological polar surface area (TPSA) is 87.3 Å². The molecule has 0 saturated heterocycles. The largest absolute Gasteiger partial charge is 0.416 e. The van der Waals surface area contributed by atoms with Crippen LogP contribution in [0.25, 0.3) is 0 Å². The van der Waals surface area contributed by atoms with Crippen molar-refractivity contribution >= 4 is 17.7 Å². The molecule has 0 unspecified atom stereocenters. The molecular weight excluding hydrogens is 507 g/mol. The van der Waals surface area contributed by atoms with Crippen LogP contribution in [-0.2, 0) is 27.7 Å². The molecule has 0 heterocycles. The molecule has 3 amide bonds. The van der Waals surface area contributed by atoms with E-state index >= 15 is 0 Å². The lowest BCUT2D eigenvalue weighted by Crippen LogP contribution is -2.59. The summed E-state index contributed by atoms with van der Waals surface area (Å²) in [4.78, 5) is 39.4. The Morgan fingerprint density at radius 1 is 0.846 bits per heavy atom. The first-order valence-electron chi connectivity index (χ1n) is 13.2. The molecule has 0 aromatic heterocycles. The molecular formula is C30H38F3N3O3. The highest BCUT2D eigenvalue weighted by molar-refractivity contribution is 5.99. The third-order valence-electron chi connectivity index (χ3n) is 7.13. The van der Waals surface area contributed by atoms with Crippen LogP contribution in [-0.4, -0.2) is 28.8 Å². The first-order chi connectivity index (χ1) is 18.0. The van der Waals surface area contributed by atoms with Crippen LogP contribution in [0.15, 0.2) is 48.5 Å². The Hall–Kier alpha value is -3.36. The van der Waals surface area contributed by atoms with Gasteiger partial charge in [0.1, 0.15) is 5.54 Å². The lowest BCUT2D eigenvalue weighted by atomic mass is 9.80. The van der Waals surface area contributed by atoms with Crippen LogP contribution in [0.5, 0.6) is 0 Å². The van der Waals surface area contributed by atoms with Crippen molar-refractivity contribution < 1.29 is 27.6 Å². The maximum absolute atomic E-state index is 13.3. The SMILES string of the molecule is CC(C)(C)NC(=O)C(C)(C)c1ccc(C(=O)NC2(C(=O)NCc3cccc(C(F)(F)F)c3)CCCCC2)cc1. The Balaban J connectivity index is 1.73. The van der Waals surface area contributed by atoms with Crippen molar-refractivity contribution in [1.82, 2.24) is 16.0 Å². The van der Waals surface area contributed by atoms with Crippen LogP contribution in [0.3, 0.4) is 0 Å². The fourth-order valence-corrected chi connectivity index (χ4v) is 4.73. The average molecular weight is 546 g/mol. The number of rotatable bonds is 7. The van der Waals surface area contributed by atoms with Crippen molar-refractivity contribution in [2.75, 3.05) is 0 Å². The molecule has 1 aliphatic carbocycles. The minimum absolute atomic E-state index is 0.0826. The van der Waals surface area contributed by atoms with Crippen molar-refractivity contribution in [2.24, 2.45) is 0 Å². The van der Waals surface area contributed by atoms with E-state index in [1.165, 1.54) is 12.1 Å². The van der Waals surface area contributed by atoms with Gasteiger partial charge in [0.2, 0.25) is 11.8 Å². The number of hydrogen-bond donors (Lipinski definition) is 3. The first kappa shape index (κ1) is 30.2. The second kappa shape index (κ2) is 11.4. The third-order valence-corrected chi connectivity index (χ3v) is 7.13. The average Bonchev–Trinajstić information content (AvgIpc) is 2.86. The van der Waals surface area contributed by atoms with E-state index < -0.39 is 34.5 Å². The summed E-state index contributed by atoms with van der Waals surface area (Å²) in [5.41, 5.74) is -1.72. The van der Waals surface area contributed by atoms with Crippen LogP contribution in [0.1, 0.15) is 93.8 Å². The van der Waals surface area contributed by atoms with Gasteiger partial charge in [-0.25, -0.2) is 0 Å². The summed E-state index contributed by atoms with van der Waals surface area (Å²) in [6.07, 6.45) is -1.18. The van der Waals surface area contributed by atoms with Crippen molar-refractivity contribution in [2.45, 2.75) is 95.9 Å². The molecule has 9 heteroatoms. The van der Waals surface area contributed by atoms with Gasteiger partial charge in [-0.1, -0.05) is 43.5 Å². The zero-order valence-corrected chi connectivity index (χ0v) is 23.2.